The minimum Gasteiger partial charge on any atom is -0.497 e. The third-order valence-corrected chi connectivity index (χ3v) is 3.81. The van der Waals surface area contributed by atoms with Crippen LogP contribution in [0.3, 0.4) is 0 Å². The van der Waals surface area contributed by atoms with Gasteiger partial charge in [0, 0.05) is 11.7 Å². The van der Waals surface area contributed by atoms with E-state index >= 15 is 0 Å². The molecule has 2 aromatic carbocycles. The lowest BCUT2D eigenvalue weighted by atomic mass is 10.0. The molecule has 1 aliphatic heterocycles. The lowest BCUT2D eigenvalue weighted by Crippen LogP contribution is -2.34. The molecule has 1 heterocycles. The van der Waals surface area contributed by atoms with Gasteiger partial charge in [0.05, 0.1) is 13.2 Å². The van der Waals surface area contributed by atoms with E-state index in [0.29, 0.717) is 6.61 Å². The predicted molar refractivity (Wildman–Crippen MR) is 86.8 cm³/mol. The summed E-state index contributed by atoms with van der Waals surface area (Å²) in [6, 6.07) is 16.1. The molecule has 3 rings (SSSR count). The number of benzene rings is 2. The number of nitrogens with two attached hydrogens (primary N) is 1. The number of hydrogen-bond acceptors (Lipinski definition) is 5. The first kappa shape index (κ1) is 14.7. The van der Waals surface area contributed by atoms with Crippen LogP contribution in [0.5, 0.6) is 11.5 Å². The van der Waals surface area contributed by atoms with Crippen LogP contribution in [0.15, 0.2) is 48.5 Å². The van der Waals surface area contributed by atoms with Crippen molar-refractivity contribution in [1.29, 1.82) is 0 Å². The molecule has 2 atom stereocenters. The van der Waals surface area contributed by atoms with Crippen molar-refractivity contribution in [2.45, 2.75) is 18.5 Å². The molecule has 0 amide bonds. The Morgan fingerprint density at radius 2 is 1.86 bits per heavy atom. The van der Waals surface area contributed by atoms with Crippen LogP contribution in [0.2, 0.25) is 0 Å². The average molecular weight is 299 g/mol. The van der Waals surface area contributed by atoms with Crippen LogP contribution >= 0.6 is 0 Å². The zero-order chi connectivity index (χ0) is 15.4. The Hall–Kier alpha value is -2.24. The number of rotatable bonds is 5. The quantitative estimate of drug-likeness (QED) is 0.739. The second-order valence-electron chi connectivity index (χ2n) is 5.43. The van der Waals surface area contributed by atoms with Crippen LogP contribution in [0.4, 0.5) is 5.69 Å². The van der Waals surface area contributed by atoms with Gasteiger partial charge in [-0.2, -0.15) is 0 Å². The summed E-state index contributed by atoms with van der Waals surface area (Å²) in [7, 11) is 1.65. The van der Waals surface area contributed by atoms with E-state index in [4.69, 9.17) is 15.2 Å². The van der Waals surface area contributed by atoms with E-state index in [0.717, 1.165) is 23.6 Å². The first-order chi connectivity index (χ1) is 10.7. The van der Waals surface area contributed by atoms with Crippen molar-refractivity contribution >= 4 is 5.69 Å². The first-order valence-corrected chi connectivity index (χ1v) is 7.38. The number of hydrogen-bond donors (Lipinski definition) is 3. The average Bonchev–Trinajstić information content (AvgIpc) is 3.02. The predicted octanol–water partition coefficient (Wildman–Crippen LogP) is 2.26. The lowest BCUT2D eigenvalue weighted by Gasteiger charge is -2.12. The molecule has 0 saturated carbocycles. The SMILES string of the molecule is COc1ccc(OCC2CC(c3cccc(N)c3)NN2)cc1. The van der Waals surface area contributed by atoms with Crippen LogP contribution in [-0.4, -0.2) is 19.8 Å². The molecule has 1 fully saturated rings. The van der Waals surface area contributed by atoms with Gasteiger partial charge in [0.1, 0.15) is 18.1 Å². The minimum atomic E-state index is 0.257. The smallest absolute Gasteiger partial charge is 0.119 e. The second-order valence-corrected chi connectivity index (χ2v) is 5.43. The maximum Gasteiger partial charge on any atom is 0.119 e. The monoisotopic (exact) mass is 299 g/mol. The zero-order valence-electron chi connectivity index (χ0n) is 12.6. The summed E-state index contributed by atoms with van der Waals surface area (Å²) in [5, 5.41) is 0. The summed E-state index contributed by atoms with van der Waals surface area (Å²) in [5.41, 5.74) is 14.4. The van der Waals surface area contributed by atoms with Crippen LogP contribution < -0.4 is 26.1 Å². The van der Waals surface area contributed by atoms with Gasteiger partial charge in [-0.1, -0.05) is 12.1 Å². The highest BCUT2D eigenvalue weighted by atomic mass is 16.5. The maximum atomic E-state index is 5.84. The van der Waals surface area contributed by atoms with Crippen LogP contribution in [0.1, 0.15) is 18.0 Å². The highest BCUT2D eigenvalue weighted by molar-refractivity contribution is 5.42. The van der Waals surface area contributed by atoms with Gasteiger partial charge >= 0.3 is 0 Å². The molecule has 22 heavy (non-hydrogen) atoms. The molecule has 5 nitrogen and oxygen atoms in total. The molecule has 1 aliphatic rings. The number of anilines is 1. The van der Waals surface area contributed by atoms with Gasteiger partial charge in [-0.3, -0.25) is 5.43 Å². The van der Waals surface area contributed by atoms with E-state index < -0.39 is 0 Å². The van der Waals surface area contributed by atoms with Gasteiger partial charge in [-0.05, 0) is 48.4 Å². The van der Waals surface area contributed by atoms with Crippen LogP contribution in [0.25, 0.3) is 0 Å². The normalized spacial score (nSPS) is 20.8. The van der Waals surface area contributed by atoms with Crippen LogP contribution in [-0.2, 0) is 0 Å². The molecule has 4 N–H and O–H groups in total. The van der Waals surface area contributed by atoms with E-state index in [-0.39, 0.29) is 12.1 Å². The van der Waals surface area contributed by atoms with Crippen molar-refractivity contribution in [3.05, 3.63) is 54.1 Å². The fourth-order valence-corrected chi connectivity index (χ4v) is 2.59. The Bertz CT molecular complexity index is 616. The molecule has 2 unspecified atom stereocenters. The third-order valence-electron chi connectivity index (χ3n) is 3.81. The largest absolute Gasteiger partial charge is 0.497 e. The molecule has 0 radical (unpaired) electrons. The summed E-state index contributed by atoms with van der Waals surface area (Å²) in [6.07, 6.45) is 0.958. The Balaban J connectivity index is 1.52. The molecule has 2 aromatic rings. The van der Waals surface area contributed by atoms with Gasteiger partial charge < -0.3 is 15.2 Å². The van der Waals surface area contributed by atoms with Crippen molar-refractivity contribution in [2.75, 3.05) is 19.5 Å². The Labute approximate surface area is 130 Å². The molecule has 116 valence electrons. The summed E-state index contributed by atoms with van der Waals surface area (Å²) < 4.78 is 10.9. The van der Waals surface area contributed by atoms with Gasteiger partial charge in [-0.25, -0.2) is 5.43 Å². The third kappa shape index (κ3) is 3.50. The van der Waals surface area contributed by atoms with E-state index in [1.165, 1.54) is 5.56 Å². The lowest BCUT2D eigenvalue weighted by molar-refractivity contribution is 0.272. The van der Waals surface area contributed by atoms with Gasteiger partial charge in [0.15, 0.2) is 0 Å². The molecule has 0 spiro atoms. The van der Waals surface area contributed by atoms with Crippen molar-refractivity contribution < 1.29 is 9.47 Å². The van der Waals surface area contributed by atoms with E-state index in [2.05, 4.69) is 16.9 Å². The summed E-state index contributed by atoms with van der Waals surface area (Å²) in [5.74, 6) is 1.67. The minimum absolute atomic E-state index is 0.257. The number of nitrogen functional groups attached to an aromatic ring is 1. The van der Waals surface area contributed by atoms with Gasteiger partial charge in [0.2, 0.25) is 0 Å². The molecule has 5 heteroatoms. The van der Waals surface area contributed by atoms with Gasteiger partial charge in [-0.15, -0.1) is 0 Å². The van der Waals surface area contributed by atoms with E-state index in [9.17, 15) is 0 Å². The van der Waals surface area contributed by atoms with E-state index in [1.807, 2.05) is 42.5 Å². The Morgan fingerprint density at radius 3 is 2.59 bits per heavy atom. The van der Waals surface area contributed by atoms with Crippen molar-refractivity contribution in [1.82, 2.24) is 10.9 Å². The second kappa shape index (κ2) is 6.68. The Morgan fingerprint density at radius 1 is 1.09 bits per heavy atom. The van der Waals surface area contributed by atoms with Crippen molar-refractivity contribution in [3.8, 4) is 11.5 Å². The Kier molecular flexibility index (Phi) is 4.46. The maximum absolute atomic E-state index is 5.84. The first-order valence-electron chi connectivity index (χ1n) is 7.38. The van der Waals surface area contributed by atoms with Crippen molar-refractivity contribution in [2.24, 2.45) is 0 Å². The highest BCUT2D eigenvalue weighted by Gasteiger charge is 2.25. The van der Waals surface area contributed by atoms with Crippen LogP contribution in [0, 0.1) is 0 Å². The fourth-order valence-electron chi connectivity index (χ4n) is 2.59. The zero-order valence-corrected chi connectivity index (χ0v) is 12.6. The number of ether oxygens (including phenoxy) is 2. The molecular weight excluding hydrogens is 278 g/mol. The number of nitrogens with one attached hydrogen (secondary N) is 2. The molecule has 0 bridgehead atoms. The molecule has 0 aliphatic carbocycles. The topological polar surface area (TPSA) is 68.5 Å². The van der Waals surface area contributed by atoms with Gasteiger partial charge in [0.25, 0.3) is 0 Å². The molecule has 0 aromatic heterocycles. The molecule has 1 saturated heterocycles. The number of hydrazine groups is 1. The summed E-state index contributed by atoms with van der Waals surface area (Å²) >= 11 is 0. The van der Waals surface area contributed by atoms with Crippen molar-refractivity contribution in [3.63, 3.8) is 0 Å². The number of methoxy groups -OCH3 is 1. The standard InChI is InChI=1S/C17H21N3O2/c1-21-15-5-7-16(8-6-15)22-11-14-10-17(20-19-14)12-3-2-4-13(18)9-12/h2-9,14,17,19-20H,10-11,18H2,1H3. The van der Waals surface area contributed by atoms with E-state index in [1.54, 1.807) is 7.11 Å². The summed E-state index contributed by atoms with van der Waals surface area (Å²) in [6.45, 7) is 0.609. The molecular formula is C17H21N3O2. The summed E-state index contributed by atoms with van der Waals surface area (Å²) in [4.78, 5) is 0. The highest BCUT2D eigenvalue weighted by Crippen LogP contribution is 2.24. The fraction of sp³-hybridized carbons (Fsp3) is 0.294.